The first-order valence-electron chi connectivity index (χ1n) is 7.70. The Hall–Kier alpha value is -2.29. The largest absolute Gasteiger partial charge is 0.334 e. The van der Waals surface area contributed by atoms with Gasteiger partial charge in [0.05, 0.1) is 0 Å². The summed E-state index contributed by atoms with van der Waals surface area (Å²) in [5.74, 6) is 0. The van der Waals surface area contributed by atoms with Gasteiger partial charge in [-0.1, -0.05) is 60.2 Å². The van der Waals surface area contributed by atoms with Crippen LogP contribution in [-0.2, 0) is 13.1 Å². The van der Waals surface area contributed by atoms with Gasteiger partial charge in [0, 0.05) is 19.1 Å². The van der Waals surface area contributed by atoms with E-state index in [0.29, 0.717) is 13.1 Å². The molecule has 22 heavy (non-hydrogen) atoms. The fraction of sp³-hybridized carbons (Fsp3) is 0.316. The first-order valence-corrected chi connectivity index (χ1v) is 7.70. The number of benzene rings is 2. The molecule has 2 aromatic rings. The summed E-state index contributed by atoms with van der Waals surface area (Å²) in [5.41, 5.74) is 3.47. The average molecular weight is 296 g/mol. The molecule has 3 heteroatoms. The smallest absolute Gasteiger partial charge is 0.318 e. The number of urea groups is 1. The third kappa shape index (κ3) is 4.62. The second-order valence-corrected chi connectivity index (χ2v) is 5.86. The lowest BCUT2D eigenvalue weighted by molar-refractivity contribution is 0.179. The van der Waals surface area contributed by atoms with E-state index < -0.39 is 0 Å². The molecule has 0 aliphatic rings. The van der Waals surface area contributed by atoms with Crippen molar-refractivity contribution in [3.63, 3.8) is 0 Å². The highest BCUT2D eigenvalue weighted by molar-refractivity contribution is 5.74. The number of amides is 2. The van der Waals surface area contributed by atoms with Gasteiger partial charge in [-0.2, -0.15) is 0 Å². The van der Waals surface area contributed by atoms with E-state index >= 15 is 0 Å². The maximum atomic E-state index is 12.5. The van der Waals surface area contributed by atoms with Gasteiger partial charge < -0.3 is 10.2 Å². The zero-order chi connectivity index (χ0) is 15.9. The van der Waals surface area contributed by atoms with Crippen LogP contribution >= 0.6 is 0 Å². The van der Waals surface area contributed by atoms with Crippen LogP contribution in [0, 0.1) is 6.92 Å². The van der Waals surface area contributed by atoms with Crippen molar-refractivity contribution in [2.24, 2.45) is 0 Å². The maximum absolute atomic E-state index is 12.5. The van der Waals surface area contributed by atoms with Gasteiger partial charge in [-0.25, -0.2) is 4.79 Å². The van der Waals surface area contributed by atoms with Crippen molar-refractivity contribution in [2.45, 2.75) is 39.9 Å². The molecule has 0 atom stereocenters. The lowest BCUT2D eigenvalue weighted by Crippen LogP contribution is -2.43. The summed E-state index contributed by atoms with van der Waals surface area (Å²) >= 11 is 0. The van der Waals surface area contributed by atoms with E-state index in [0.717, 1.165) is 11.1 Å². The SMILES string of the molecule is Cc1cccc(CNC(=O)N(Cc2ccccc2)C(C)C)c1. The Balaban J connectivity index is 1.98. The highest BCUT2D eigenvalue weighted by Gasteiger charge is 2.16. The number of hydrogen-bond acceptors (Lipinski definition) is 1. The monoisotopic (exact) mass is 296 g/mol. The van der Waals surface area contributed by atoms with Crippen LogP contribution in [0.15, 0.2) is 54.6 Å². The minimum atomic E-state index is -0.0274. The van der Waals surface area contributed by atoms with Crippen molar-refractivity contribution in [1.82, 2.24) is 10.2 Å². The van der Waals surface area contributed by atoms with Gasteiger partial charge in [0.25, 0.3) is 0 Å². The molecule has 116 valence electrons. The van der Waals surface area contributed by atoms with Crippen LogP contribution in [0.25, 0.3) is 0 Å². The van der Waals surface area contributed by atoms with Gasteiger partial charge in [-0.3, -0.25) is 0 Å². The van der Waals surface area contributed by atoms with Crippen LogP contribution in [0.4, 0.5) is 4.79 Å². The number of hydrogen-bond donors (Lipinski definition) is 1. The van der Waals surface area contributed by atoms with Gasteiger partial charge in [0.2, 0.25) is 0 Å². The van der Waals surface area contributed by atoms with Gasteiger partial charge in [0.1, 0.15) is 0 Å². The first kappa shape index (κ1) is 16.1. The standard InChI is InChI=1S/C19H24N2O/c1-15(2)21(14-17-9-5-4-6-10-17)19(22)20-13-18-11-7-8-16(3)12-18/h4-12,15H,13-14H2,1-3H3,(H,20,22). The lowest BCUT2D eigenvalue weighted by atomic mass is 10.1. The van der Waals surface area contributed by atoms with E-state index in [1.54, 1.807) is 0 Å². The van der Waals surface area contributed by atoms with Gasteiger partial charge >= 0.3 is 6.03 Å². The molecule has 1 N–H and O–H groups in total. The second-order valence-electron chi connectivity index (χ2n) is 5.86. The Kier molecular flexibility index (Phi) is 5.59. The van der Waals surface area contributed by atoms with Crippen LogP contribution in [0.1, 0.15) is 30.5 Å². The maximum Gasteiger partial charge on any atom is 0.318 e. The summed E-state index contributed by atoms with van der Waals surface area (Å²) in [4.78, 5) is 14.3. The fourth-order valence-electron chi connectivity index (χ4n) is 2.37. The van der Waals surface area contributed by atoms with E-state index in [-0.39, 0.29) is 12.1 Å². The Morgan fingerprint density at radius 2 is 1.73 bits per heavy atom. The van der Waals surface area contributed by atoms with Crippen molar-refractivity contribution in [3.8, 4) is 0 Å². The van der Waals surface area contributed by atoms with E-state index in [9.17, 15) is 4.79 Å². The average Bonchev–Trinajstić information content (AvgIpc) is 2.51. The van der Waals surface area contributed by atoms with Crippen molar-refractivity contribution in [2.75, 3.05) is 0 Å². The number of carbonyl (C=O) groups is 1. The molecule has 0 heterocycles. The van der Waals surface area contributed by atoms with Gasteiger partial charge in [0.15, 0.2) is 0 Å². The molecule has 2 aromatic carbocycles. The number of rotatable bonds is 5. The summed E-state index contributed by atoms with van der Waals surface area (Å²) in [5, 5.41) is 3.01. The molecule has 3 nitrogen and oxygen atoms in total. The van der Waals surface area contributed by atoms with Crippen LogP contribution in [-0.4, -0.2) is 17.0 Å². The molecule has 0 saturated carbocycles. The molecule has 2 rings (SSSR count). The topological polar surface area (TPSA) is 32.3 Å². The van der Waals surface area contributed by atoms with Gasteiger partial charge in [-0.05, 0) is 31.9 Å². The molecule has 0 aliphatic carbocycles. The van der Waals surface area contributed by atoms with Crippen LogP contribution in [0.5, 0.6) is 0 Å². The van der Waals surface area contributed by atoms with E-state index in [1.807, 2.05) is 61.2 Å². The molecule has 0 aromatic heterocycles. The molecule has 0 fully saturated rings. The van der Waals surface area contributed by atoms with E-state index in [4.69, 9.17) is 0 Å². The number of nitrogens with one attached hydrogen (secondary N) is 1. The second kappa shape index (κ2) is 7.64. The number of carbonyl (C=O) groups excluding carboxylic acids is 1. The Morgan fingerprint density at radius 3 is 2.36 bits per heavy atom. The molecule has 0 bridgehead atoms. The van der Waals surface area contributed by atoms with Gasteiger partial charge in [-0.15, -0.1) is 0 Å². The summed E-state index contributed by atoms with van der Waals surface area (Å²) in [6.45, 7) is 7.31. The van der Waals surface area contributed by atoms with Crippen molar-refractivity contribution >= 4 is 6.03 Å². The number of nitrogens with zero attached hydrogens (tertiary/aromatic N) is 1. The predicted molar refractivity (Wildman–Crippen MR) is 90.5 cm³/mol. The molecule has 0 aliphatic heterocycles. The van der Waals surface area contributed by atoms with Crippen LogP contribution in [0.2, 0.25) is 0 Å². The van der Waals surface area contributed by atoms with Crippen LogP contribution in [0.3, 0.4) is 0 Å². The van der Waals surface area contributed by atoms with Crippen LogP contribution < -0.4 is 5.32 Å². The molecule has 0 spiro atoms. The quantitative estimate of drug-likeness (QED) is 0.884. The fourth-order valence-corrected chi connectivity index (χ4v) is 2.37. The highest BCUT2D eigenvalue weighted by Crippen LogP contribution is 2.09. The van der Waals surface area contributed by atoms with Crippen molar-refractivity contribution in [1.29, 1.82) is 0 Å². The van der Waals surface area contributed by atoms with Crippen molar-refractivity contribution < 1.29 is 4.79 Å². The number of aryl methyl sites for hydroxylation is 1. The van der Waals surface area contributed by atoms with E-state index in [1.165, 1.54) is 5.56 Å². The third-order valence-corrected chi connectivity index (χ3v) is 3.61. The Morgan fingerprint density at radius 1 is 1.05 bits per heavy atom. The minimum Gasteiger partial charge on any atom is -0.334 e. The summed E-state index contributed by atoms with van der Waals surface area (Å²) in [7, 11) is 0. The summed E-state index contributed by atoms with van der Waals surface area (Å²) in [6.07, 6.45) is 0. The molecular formula is C19H24N2O. The van der Waals surface area contributed by atoms with E-state index in [2.05, 4.69) is 24.4 Å². The molecular weight excluding hydrogens is 272 g/mol. The zero-order valence-corrected chi connectivity index (χ0v) is 13.5. The Bertz CT molecular complexity index is 608. The first-order chi connectivity index (χ1) is 10.6. The zero-order valence-electron chi connectivity index (χ0n) is 13.5. The summed E-state index contributed by atoms with van der Waals surface area (Å²) in [6, 6.07) is 18.4. The highest BCUT2D eigenvalue weighted by atomic mass is 16.2. The summed E-state index contributed by atoms with van der Waals surface area (Å²) < 4.78 is 0. The molecule has 0 saturated heterocycles. The van der Waals surface area contributed by atoms with Crippen molar-refractivity contribution in [3.05, 3.63) is 71.3 Å². The lowest BCUT2D eigenvalue weighted by Gasteiger charge is -2.27. The molecule has 2 amide bonds. The third-order valence-electron chi connectivity index (χ3n) is 3.61. The molecule has 0 radical (unpaired) electrons. The Labute approximate surface area is 133 Å². The predicted octanol–water partition coefficient (Wildman–Crippen LogP) is 4.12. The molecule has 0 unspecified atom stereocenters. The normalized spacial score (nSPS) is 10.5. The minimum absolute atomic E-state index is 0.0274.